The molecule has 3 rings (SSSR count). The van der Waals surface area contributed by atoms with Gasteiger partial charge in [0.15, 0.2) is 0 Å². The van der Waals surface area contributed by atoms with Gasteiger partial charge < -0.3 is 5.32 Å². The predicted molar refractivity (Wildman–Crippen MR) is 64.3 cm³/mol. The number of anilines is 1. The van der Waals surface area contributed by atoms with Crippen LogP contribution in [0, 0.1) is 11.7 Å². The molecule has 0 spiro atoms. The van der Waals surface area contributed by atoms with Crippen LogP contribution in [-0.4, -0.2) is 5.91 Å². The first kappa shape index (κ1) is 10.8. The van der Waals surface area contributed by atoms with Crippen molar-refractivity contribution in [3.8, 4) is 0 Å². The highest BCUT2D eigenvalue weighted by Crippen LogP contribution is 2.40. The molecule has 1 aromatic rings. The first-order valence-corrected chi connectivity index (χ1v) is 6.34. The van der Waals surface area contributed by atoms with E-state index in [2.05, 4.69) is 5.32 Å². The van der Waals surface area contributed by atoms with Gasteiger partial charge in [0.2, 0.25) is 5.91 Å². The monoisotopic (exact) mass is 233 g/mol. The molecular weight excluding hydrogens is 217 g/mol. The number of hydrogen-bond acceptors (Lipinski definition) is 1. The Labute approximate surface area is 100 Å². The molecule has 0 saturated heterocycles. The van der Waals surface area contributed by atoms with Crippen LogP contribution >= 0.6 is 0 Å². The molecule has 2 nitrogen and oxygen atoms in total. The van der Waals surface area contributed by atoms with E-state index in [0.29, 0.717) is 5.92 Å². The first-order valence-electron chi connectivity index (χ1n) is 6.34. The van der Waals surface area contributed by atoms with Crippen LogP contribution in [0.1, 0.15) is 43.6 Å². The van der Waals surface area contributed by atoms with Gasteiger partial charge in [-0.25, -0.2) is 4.39 Å². The molecule has 1 N–H and O–H groups in total. The van der Waals surface area contributed by atoms with Crippen molar-refractivity contribution in [1.82, 2.24) is 0 Å². The lowest BCUT2D eigenvalue weighted by Gasteiger charge is -2.14. The van der Waals surface area contributed by atoms with E-state index in [4.69, 9.17) is 0 Å². The molecule has 1 aromatic carbocycles. The molecule has 1 atom stereocenters. The Kier molecular flexibility index (Phi) is 2.61. The van der Waals surface area contributed by atoms with Gasteiger partial charge in [0, 0.05) is 5.69 Å². The molecule has 17 heavy (non-hydrogen) atoms. The zero-order chi connectivity index (χ0) is 11.8. The third kappa shape index (κ3) is 1.94. The SMILES string of the molecule is O=C1Nc2ccc(F)cc2C1CC1CCCC1. The Balaban J connectivity index is 1.85. The molecule has 3 heteroatoms. The molecule has 0 radical (unpaired) electrons. The molecule has 1 unspecified atom stereocenters. The predicted octanol–water partition coefficient (Wildman–Crippen LogP) is 3.44. The highest BCUT2D eigenvalue weighted by Gasteiger charge is 2.33. The van der Waals surface area contributed by atoms with E-state index in [-0.39, 0.29) is 17.6 Å². The van der Waals surface area contributed by atoms with Gasteiger partial charge in [-0.1, -0.05) is 25.7 Å². The van der Waals surface area contributed by atoms with E-state index in [1.165, 1.54) is 37.8 Å². The Morgan fingerprint density at radius 3 is 2.82 bits per heavy atom. The van der Waals surface area contributed by atoms with E-state index in [1.807, 2.05) is 0 Å². The molecule has 1 fully saturated rings. The van der Waals surface area contributed by atoms with Crippen LogP contribution in [0.4, 0.5) is 10.1 Å². The number of fused-ring (bicyclic) bond motifs is 1. The topological polar surface area (TPSA) is 29.1 Å². The summed E-state index contributed by atoms with van der Waals surface area (Å²) >= 11 is 0. The van der Waals surface area contributed by atoms with Crippen LogP contribution < -0.4 is 5.32 Å². The van der Waals surface area contributed by atoms with Crippen molar-refractivity contribution < 1.29 is 9.18 Å². The largest absolute Gasteiger partial charge is 0.325 e. The minimum atomic E-state index is -0.253. The maximum atomic E-state index is 13.2. The second kappa shape index (κ2) is 4.13. The fraction of sp³-hybridized carbons (Fsp3) is 0.500. The summed E-state index contributed by atoms with van der Waals surface area (Å²) in [7, 11) is 0. The van der Waals surface area contributed by atoms with Crippen molar-refractivity contribution >= 4 is 11.6 Å². The number of carbonyl (C=O) groups is 1. The molecule has 0 bridgehead atoms. The van der Waals surface area contributed by atoms with Gasteiger partial charge in [0.25, 0.3) is 0 Å². The summed E-state index contributed by atoms with van der Waals surface area (Å²) in [5, 5.41) is 2.84. The lowest BCUT2D eigenvalue weighted by Crippen LogP contribution is -2.14. The Morgan fingerprint density at radius 2 is 2.06 bits per heavy atom. The zero-order valence-corrected chi connectivity index (χ0v) is 9.71. The molecule has 90 valence electrons. The second-order valence-corrected chi connectivity index (χ2v) is 5.16. The van der Waals surface area contributed by atoms with E-state index >= 15 is 0 Å². The highest BCUT2D eigenvalue weighted by atomic mass is 19.1. The van der Waals surface area contributed by atoms with Gasteiger partial charge in [0.1, 0.15) is 5.82 Å². The van der Waals surface area contributed by atoms with Gasteiger partial charge >= 0.3 is 0 Å². The number of rotatable bonds is 2. The van der Waals surface area contributed by atoms with Crippen LogP contribution in [0.15, 0.2) is 18.2 Å². The molecule has 1 amide bonds. The second-order valence-electron chi connectivity index (χ2n) is 5.16. The van der Waals surface area contributed by atoms with E-state index in [9.17, 15) is 9.18 Å². The number of hydrogen-bond donors (Lipinski definition) is 1. The van der Waals surface area contributed by atoms with Crippen molar-refractivity contribution in [1.29, 1.82) is 0 Å². The summed E-state index contributed by atoms with van der Waals surface area (Å²) in [6, 6.07) is 4.57. The number of amides is 1. The third-order valence-corrected chi connectivity index (χ3v) is 4.01. The van der Waals surface area contributed by atoms with Gasteiger partial charge in [-0.05, 0) is 36.1 Å². The number of benzene rings is 1. The minimum absolute atomic E-state index is 0.0394. The van der Waals surface area contributed by atoms with Crippen molar-refractivity contribution in [2.24, 2.45) is 5.92 Å². The zero-order valence-electron chi connectivity index (χ0n) is 9.71. The van der Waals surface area contributed by atoms with Gasteiger partial charge in [-0.3, -0.25) is 4.79 Å². The average molecular weight is 233 g/mol. The third-order valence-electron chi connectivity index (χ3n) is 4.01. The normalized spacial score (nSPS) is 23.8. The summed E-state index contributed by atoms with van der Waals surface area (Å²) in [4.78, 5) is 11.9. The van der Waals surface area contributed by atoms with Crippen molar-refractivity contribution in [2.75, 3.05) is 5.32 Å². The van der Waals surface area contributed by atoms with E-state index in [1.54, 1.807) is 6.07 Å². The number of nitrogens with one attached hydrogen (secondary N) is 1. The maximum Gasteiger partial charge on any atom is 0.232 e. The van der Waals surface area contributed by atoms with Crippen LogP contribution in [0.5, 0.6) is 0 Å². The van der Waals surface area contributed by atoms with Crippen molar-refractivity contribution in [3.05, 3.63) is 29.6 Å². The van der Waals surface area contributed by atoms with E-state index in [0.717, 1.165) is 17.7 Å². The molecule has 1 heterocycles. The van der Waals surface area contributed by atoms with Crippen molar-refractivity contribution in [3.63, 3.8) is 0 Å². The Bertz CT molecular complexity index is 452. The van der Waals surface area contributed by atoms with Crippen LogP contribution in [0.2, 0.25) is 0 Å². The molecule has 1 aliphatic carbocycles. The summed E-state index contributed by atoms with van der Waals surface area (Å²) in [6.45, 7) is 0. The van der Waals surface area contributed by atoms with Gasteiger partial charge in [0.05, 0.1) is 5.92 Å². The van der Waals surface area contributed by atoms with Crippen LogP contribution in [-0.2, 0) is 4.79 Å². The summed E-state index contributed by atoms with van der Waals surface area (Å²) in [6.07, 6.45) is 5.86. The summed E-state index contributed by atoms with van der Waals surface area (Å²) < 4.78 is 13.2. The molecule has 0 aromatic heterocycles. The molecular formula is C14H16FNO. The summed E-state index contributed by atoms with van der Waals surface area (Å²) in [5.74, 6) is 0.290. The maximum absolute atomic E-state index is 13.2. The van der Waals surface area contributed by atoms with Crippen molar-refractivity contribution in [2.45, 2.75) is 38.0 Å². The molecule has 1 saturated carbocycles. The lowest BCUT2D eigenvalue weighted by atomic mass is 9.89. The fourth-order valence-electron chi connectivity index (χ4n) is 3.11. The number of halogens is 1. The Morgan fingerprint density at radius 1 is 1.29 bits per heavy atom. The molecule has 1 aliphatic heterocycles. The van der Waals surface area contributed by atoms with Gasteiger partial charge in [-0.2, -0.15) is 0 Å². The lowest BCUT2D eigenvalue weighted by molar-refractivity contribution is -0.117. The van der Waals surface area contributed by atoms with Gasteiger partial charge in [-0.15, -0.1) is 0 Å². The highest BCUT2D eigenvalue weighted by molar-refractivity contribution is 6.02. The minimum Gasteiger partial charge on any atom is -0.325 e. The fourth-order valence-corrected chi connectivity index (χ4v) is 3.11. The standard InChI is InChI=1S/C14H16FNO/c15-10-5-6-13-11(8-10)12(14(17)16-13)7-9-3-1-2-4-9/h5-6,8-9,12H,1-4,7H2,(H,16,17). The number of carbonyl (C=O) groups excluding carboxylic acids is 1. The van der Waals surface area contributed by atoms with Crippen LogP contribution in [0.3, 0.4) is 0 Å². The smallest absolute Gasteiger partial charge is 0.232 e. The summed E-state index contributed by atoms with van der Waals surface area (Å²) in [5.41, 5.74) is 1.64. The van der Waals surface area contributed by atoms with E-state index < -0.39 is 0 Å². The van der Waals surface area contributed by atoms with Crippen LogP contribution in [0.25, 0.3) is 0 Å². The first-order chi connectivity index (χ1) is 8.24. The Hall–Kier alpha value is -1.38. The molecule has 2 aliphatic rings. The average Bonchev–Trinajstić information content (AvgIpc) is 2.90. The quantitative estimate of drug-likeness (QED) is 0.833.